The topological polar surface area (TPSA) is 145 Å². The molecule has 1 heterocycles. The first-order valence-electron chi connectivity index (χ1n) is 10.8. The number of methoxy groups -OCH3 is 1. The number of amides is 3. The molecule has 1 unspecified atom stereocenters. The molecule has 15 heteroatoms. The molecule has 0 fully saturated rings. The molecule has 0 aromatic heterocycles. The molecule has 0 spiro atoms. The van der Waals surface area contributed by atoms with Crippen LogP contribution in [0.4, 0.5) is 11.4 Å². The normalized spacial score (nSPS) is 13.4. The predicted octanol–water partition coefficient (Wildman–Crippen LogP) is 5.41. The number of rotatable bonds is 9. The molecular weight excluding hydrogens is 588 g/mol. The Morgan fingerprint density at radius 1 is 1.03 bits per heavy atom. The molecule has 0 saturated heterocycles. The minimum absolute atomic E-state index is 0.0213. The maximum absolute atomic E-state index is 13.2. The lowest BCUT2D eigenvalue weighted by Gasteiger charge is -2.25. The Bertz CT molecular complexity index is 1320. The minimum atomic E-state index is -1.45. The number of anilines is 1. The monoisotopic (exact) mass is 605 g/mol. The number of hydrogen-bond donors (Lipinski definition) is 1. The zero-order valence-electron chi connectivity index (χ0n) is 20.0. The number of nitrogens with zero attached hydrogens (tertiary/aromatic N) is 2. The highest BCUT2D eigenvalue weighted by Crippen LogP contribution is 2.45. The van der Waals surface area contributed by atoms with Gasteiger partial charge in [-0.3, -0.25) is 29.4 Å². The van der Waals surface area contributed by atoms with Gasteiger partial charge in [-0.25, -0.2) is 4.79 Å². The number of nitrogens with one attached hydrogen (secondary N) is 1. The second-order valence-electron chi connectivity index (χ2n) is 8.43. The third-order valence-electron chi connectivity index (χ3n) is 5.43. The van der Waals surface area contributed by atoms with E-state index in [0.717, 1.165) is 6.07 Å². The quantitative estimate of drug-likeness (QED) is 0.0995. The number of halogens is 4. The Balaban J connectivity index is 1.82. The Morgan fingerprint density at radius 3 is 2.05 bits per heavy atom. The number of imide groups is 1. The molecule has 1 aliphatic heterocycles. The summed E-state index contributed by atoms with van der Waals surface area (Å²) in [6.45, 7) is 2.61. The second-order valence-corrected chi connectivity index (χ2v) is 9.94. The second kappa shape index (κ2) is 11.7. The van der Waals surface area contributed by atoms with Crippen LogP contribution in [0.15, 0.2) is 18.2 Å². The molecule has 1 N–H and O–H groups in total. The number of carbonyl (C=O) groups excluding carboxylic acids is 4. The summed E-state index contributed by atoms with van der Waals surface area (Å²) in [5, 5.41) is 12.6. The molecule has 38 heavy (non-hydrogen) atoms. The van der Waals surface area contributed by atoms with Gasteiger partial charge in [-0.05, 0) is 24.5 Å². The number of benzene rings is 2. The van der Waals surface area contributed by atoms with Crippen molar-refractivity contribution in [2.24, 2.45) is 5.92 Å². The highest BCUT2D eigenvalue weighted by atomic mass is 35.5. The van der Waals surface area contributed by atoms with Gasteiger partial charge in [0.1, 0.15) is 17.5 Å². The van der Waals surface area contributed by atoms with Crippen LogP contribution in [0.1, 0.15) is 41.0 Å². The number of nitro benzene ring substituents is 1. The lowest BCUT2D eigenvalue weighted by Crippen LogP contribution is -2.47. The van der Waals surface area contributed by atoms with E-state index in [1.54, 1.807) is 13.8 Å². The zero-order valence-corrected chi connectivity index (χ0v) is 23.0. The number of nitro groups is 1. The fourth-order valence-electron chi connectivity index (χ4n) is 3.72. The molecule has 2 aromatic rings. The van der Waals surface area contributed by atoms with Gasteiger partial charge in [0.05, 0.1) is 49.3 Å². The lowest BCUT2D eigenvalue weighted by atomic mass is 10.0. The van der Waals surface area contributed by atoms with Gasteiger partial charge < -0.3 is 14.8 Å². The van der Waals surface area contributed by atoms with Crippen LogP contribution < -0.4 is 10.1 Å². The van der Waals surface area contributed by atoms with E-state index in [4.69, 9.17) is 55.9 Å². The fraction of sp³-hybridized carbons (Fsp3) is 0.304. The van der Waals surface area contributed by atoms with Crippen LogP contribution >= 0.6 is 46.4 Å². The highest BCUT2D eigenvalue weighted by Gasteiger charge is 2.47. The van der Waals surface area contributed by atoms with Crippen LogP contribution in [0.3, 0.4) is 0 Å². The largest absolute Gasteiger partial charge is 0.496 e. The number of esters is 1. The summed E-state index contributed by atoms with van der Waals surface area (Å²) in [6.07, 6.45) is -0.0213. The molecule has 11 nitrogen and oxygen atoms in total. The van der Waals surface area contributed by atoms with Gasteiger partial charge in [-0.2, -0.15) is 0 Å². The molecule has 3 amide bonds. The van der Waals surface area contributed by atoms with Crippen LogP contribution in [-0.2, 0) is 14.3 Å². The van der Waals surface area contributed by atoms with Gasteiger partial charge >= 0.3 is 5.97 Å². The Morgan fingerprint density at radius 2 is 1.58 bits per heavy atom. The molecule has 2 aromatic carbocycles. The first-order chi connectivity index (χ1) is 17.8. The molecule has 3 rings (SSSR count). The first kappa shape index (κ1) is 29.4. The van der Waals surface area contributed by atoms with Crippen molar-refractivity contribution < 1.29 is 33.6 Å². The Hall–Kier alpha value is -3.12. The van der Waals surface area contributed by atoms with Crippen LogP contribution in [0, 0.1) is 16.0 Å². The van der Waals surface area contributed by atoms with Crippen molar-refractivity contribution in [1.29, 1.82) is 0 Å². The van der Waals surface area contributed by atoms with Gasteiger partial charge in [0.15, 0.2) is 6.61 Å². The zero-order chi connectivity index (χ0) is 28.5. The molecule has 1 atom stereocenters. The maximum Gasteiger partial charge on any atom is 0.329 e. The summed E-state index contributed by atoms with van der Waals surface area (Å²) < 4.78 is 10.0. The maximum atomic E-state index is 13.2. The number of fused-ring (bicyclic) bond motifs is 1. The average Bonchev–Trinajstić information content (AvgIpc) is 3.12. The summed E-state index contributed by atoms with van der Waals surface area (Å²) in [7, 11) is 1.32. The van der Waals surface area contributed by atoms with Crippen LogP contribution in [0.25, 0.3) is 0 Å². The SMILES string of the molecule is COc1ccc(NC(=O)COC(=O)C(CC(C)C)N2C(=O)c3c(Cl)c(Cl)c(Cl)c(Cl)c3C2=O)c([N+](=O)[O-])c1. The van der Waals surface area contributed by atoms with E-state index in [0.29, 0.717) is 4.90 Å². The van der Waals surface area contributed by atoms with Crippen molar-refractivity contribution in [3.63, 3.8) is 0 Å². The van der Waals surface area contributed by atoms with Crippen molar-refractivity contribution in [3.05, 3.63) is 59.5 Å². The summed E-state index contributed by atoms with van der Waals surface area (Å²) in [4.78, 5) is 63.1. The van der Waals surface area contributed by atoms with E-state index in [1.165, 1.54) is 19.2 Å². The Labute approximate surface area is 236 Å². The number of ether oxygens (including phenoxy) is 2. The van der Waals surface area contributed by atoms with Crippen molar-refractivity contribution in [2.45, 2.75) is 26.3 Å². The predicted molar refractivity (Wildman–Crippen MR) is 139 cm³/mol. The van der Waals surface area contributed by atoms with Crippen LogP contribution in [0.2, 0.25) is 20.1 Å². The standard InChI is InChI=1S/C23H19Cl4N3O8/c1-9(2)6-13(29-21(32)15-16(22(29)33)18(25)20(27)19(26)17(15)24)23(34)38-8-14(31)28-11-5-4-10(37-3)7-12(11)30(35)36/h4-5,7,9,13H,6,8H2,1-3H3,(H,28,31). The van der Waals surface area contributed by atoms with Crippen molar-refractivity contribution in [3.8, 4) is 5.75 Å². The minimum Gasteiger partial charge on any atom is -0.496 e. The van der Waals surface area contributed by atoms with E-state index in [-0.39, 0.29) is 55.0 Å². The molecular formula is C23H19Cl4N3O8. The van der Waals surface area contributed by atoms with Crippen molar-refractivity contribution >= 4 is 81.5 Å². The van der Waals surface area contributed by atoms with E-state index in [1.807, 2.05) is 0 Å². The van der Waals surface area contributed by atoms with E-state index < -0.39 is 47.0 Å². The molecule has 1 aliphatic rings. The number of hydrogen-bond acceptors (Lipinski definition) is 8. The first-order valence-corrected chi connectivity index (χ1v) is 12.3. The van der Waals surface area contributed by atoms with E-state index in [2.05, 4.69) is 5.32 Å². The lowest BCUT2D eigenvalue weighted by molar-refractivity contribution is -0.384. The van der Waals surface area contributed by atoms with Gasteiger partial charge in [-0.15, -0.1) is 0 Å². The molecule has 0 saturated carbocycles. The van der Waals surface area contributed by atoms with Crippen molar-refractivity contribution in [1.82, 2.24) is 4.90 Å². The van der Waals surface area contributed by atoms with E-state index in [9.17, 15) is 29.3 Å². The summed E-state index contributed by atoms with van der Waals surface area (Å²) in [6, 6.07) is 2.30. The highest BCUT2D eigenvalue weighted by molar-refractivity contribution is 6.55. The van der Waals surface area contributed by atoms with Crippen LogP contribution in [0.5, 0.6) is 5.75 Å². The van der Waals surface area contributed by atoms with Gasteiger partial charge in [-0.1, -0.05) is 60.3 Å². The summed E-state index contributed by atoms with van der Waals surface area (Å²) >= 11 is 24.4. The van der Waals surface area contributed by atoms with Gasteiger partial charge in [0.2, 0.25) is 0 Å². The third kappa shape index (κ3) is 5.65. The Kier molecular flexibility index (Phi) is 9.09. The third-order valence-corrected chi connectivity index (χ3v) is 7.23. The summed E-state index contributed by atoms with van der Waals surface area (Å²) in [5.74, 6) is -3.85. The summed E-state index contributed by atoms with van der Waals surface area (Å²) in [5.41, 5.74) is -1.21. The van der Waals surface area contributed by atoms with E-state index >= 15 is 0 Å². The fourth-order valence-corrected chi connectivity index (χ4v) is 4.73. The molecule has 0 aliphatic carbocycles. The molecule has 0 bridgehead atoms. The van der Waals surface area contributed by atoms with Crippen molar-refractivity contribution in [2.75, 3.05) is 19.0 Å². The molecule has 202 valence electrons. The van der Waals surface area contributed by atoms with Gasteiger partial charge in [0, 0.05) is 0 Å². The smallest absolute Gasteiger partial charge is 0.329 e. The average molecular weight is 607 g/mol. The number of carbonyl (C=O) groups is 4. The van der Waals surface area contributed by atoms with Gasteiger partial charge in [0.25, 0.3) is 23.4 Å². The molecule has 0 radical (unpaired) electrons. The van der Waals surface area contributed by atoms with Crippen LogP contribution in [-0.4, -0.2) is 53.3 Å².